The predicted octanol–water partition coefficient (Wildman–Crippen LogP) is 1.27. The van der Waals surface area contributed by atoms with E-state index >= 15 is 0 Å². The smallest absolute Gasteiger partial charge is 0.254 e. The molecule has 3 rings (SSSR count). The first-order valence-electron chi connectivity index (χ1n) is 6.86. The number of nitrogens with two attached hydrogens (primary N) is 1. The number of rotatable bonds is 2. The van der Waals surface area contributed by atoms with Crippen LogP contribution < -0.4 is 11.3 Å². The Balaban J connectivity index is 1.89. The van der Waals surface area contributed by atoms with Crippen molar-refractivity contribution >= 4 is 11.7 Å². The molecular formula is C15H17N5O. The summed E-state index contributed by atoms with van der Waals surface area (Å²) in [5.74, 6) is 6.04. The third-order valence-corrected chi connectivity index (χ3v) is 3.84. The second-order valence-corrected chi connectivity index (χ2v) is 5.09. The molecule has 6 heteroatoms. The molecule has 3 N–H and O–H groups in total. The van der Waals surface area contributed by atoms with Crippen molar-refractivity contribution in [2.75, 3.05) is 12.0 Å². The van der Waals surface area contributed by atoms with Crippen LogP contribution in [-0.4, -0.2) is 27.5 Å². The highest BCUT2D eigenvalue weighted by Crippen LogP contribution is 2.24. The number of hydrogen-bond donors (Lipinski definition) is 2. The number of fused-ring (bicyclic) bond motifs is 1. The Hall–Kier alpha value is -2.47. The van der Waals surface area contributed by atoms with E-state index in [-0.39, 0.29) is 5.91 Å². The highest BCUT2D eigenvalue weighted by Gasteiger charge is 2.25. The van der Waals surface area contributed by atoms with Crippen LogP contribution >= 0.6 is 0 Å². The van der Waals surface area contributed by atoms with E-state index in [1.165, 1.54) is 0 Å². The molecule has 1 aromatic carbocycles. The molecule has 0 fully saturated rings. The van der Waals surface area contributed by atoms with Gasteiger partial charge in [-0.3, -0.25) is 4.79 Å². The first-order valence-corrected chi connectivity index (χ1v) is 6.86. The average molecular weight is 283 g/mol. The first-order chi connectivity index (χ1) is 10.2. The Morgan fingerprint density at radius 1 is 1.29 bits per heavy atom. The van der Waals surface area contributed by atoms with Gasteiger partial charge < -0.3 is 10.3 Å². The number of aromatic nitrogens is 2. The molecule has 1 amide bonds. The number of hydrazine groups is 1. The summed E-state index contributed by atoms with van der Waals surface area (Å²) in [5.41, 5.74) is 6.19. The molecular weight excluding hydrogens is 266 g/mol. The molecule has 0 aliphatic carbocycles. The maximum absolute atomic E-state index is 12.5. The lowest BCUT2D eigenvalue weighted by molar-refractivity contribution is 0.0733. The lowest BCUT2D eigenvalue weighted by Crippen LogP contribution is -2.37. The minimum Gasteiger partial charge on any atom is -0.334 e. The number of nitrogens with one attached hydrogen (secondary N) is 1. The van der Waals surface area contributed by atoms with Gasteiger partial charge in [0, 0.05) is 36.2 Å². The molecule has 2 aromatic rings. The normalized spacial score (nSPS) is 13.7. The molecule has 0 radical (unpaired) electrons. The van der Waals surface area contributed by atoms with Gasteiger partial charge in [0.15, 0.2) is 5.82 Å². The highest BCUT2D eigenvalue weighted by atomic mass is 16.2. The molecule has 6 nitrogen and oxygen atoms in total. The summed E-state index contributed by atoms with van der Waals surface area (Å²) in [6.45, 7) is 3.14. The minimum atomic E-state index is 0.0414. The van der Waals surface area contributed by atoms with Gasteiger partial charge in [0.2, 0.25) is 0 Å². The molecule has 21 heavy (non-hydrogen) atoms. The second kappa shape index (κ2) is 5.49. The van der Waals surface area contributed by atoms with Crippen molar-refractivity contribution in [3.8, 4) is 0 Å². The number of carbonyl (C=O) groups excluding carboxylic acids is 1. The van der Waals surface area contributed by atoms with Crippen molar-refractivity contribution < 1.29 is 4.79 Å². The van der Waals surface area contributed by atoms with E-state index in [1.54, 1.807) is 0 Å². The van der Waals surface area contributed by atoms with Gasteiger partial charge in [0.05, 0.1) is 5.69 Å². The lowest BCUT2D eigenvalue weighted by Gasteiger charge is -2.29. The monoisotopic (exact) mass is 283 g/mol. The van der Waals surface area contributed by atoms with Crippen molar-refractivity contribution in [1.82, 2.24) is 15.1 Å². The SMILES string of the molecule is Cc1c(NN)nnc2c1CN(C(=O)c1ccccc1)CC2. The zero-order valence-electron chi connectivity index (χ0n) is 11.8. The molecule has 2 heterocycles. The average Bonchev–Trinajstić information content (AvgIpc) is 2.55. The molecule has 0 spiro atoms. The number of nitrogens with zero attached hydrogens (tertiary/aromatic N) is 3. The van der Waals surface area contributed by atoms with Gasteiger partial charge in [0.1, 0.15) is 0 Å². The van der Waals surface area contributed by atoms with Crippen molar-refractivity contribution in [2.45, 2.75) is 19.9 Å². The van der Waals surface area contributed by atoms with Crippen LogP contribution in [0.25, 0.3) is 0 Å². The number of amides is 1. The maximum Gasteiger partial charge on any atom is 0.254 e. The Labute approximate surface area is 122 Å². The van der Waals surface area contributed by atoms with Crippen molar-refractivity contribution in [1.29, 1.82) is 0 Å². The Kier molecular flexibility index (Phi) is 3.53. The van der Waals surface area contributed by atoms with Crippen molar-refractivity contribution in [3.63, 3.8) is 0 Å². The van der Waals surface area contributed by atoms with Gasteiger partial charge in [0.25, 0.3) is 5.91 Å². The van der Waals surface area contributed by atoms with Crippen LogP contribution in [0.3, 0.4) is 0 Å². The maximum atomic E-state index is 12.5. The van der Waals surface area contributed by atoms with Crippen LogP contribution in [0.4, 0.5) is 5.82 Å². The highest BCUT2D eigenvalue weighted by molar-refractivity contribution is 5.94. The molecule has 1 aliphatic rings. The fraction of sp³-hybridized carbons (Fsp3) is 0.267. The second-order valence-electron chi connectivity index (χ2n) is 5.09. The van der Waals surface area contributed by atoms with E-state index in [1.807, 2.05) is 42.2 Å². The molecule has 0 saturated carbocycles. The first kappa shape index (κ1) is 13.5. The Morgan fingerprint density at radius 3 is 2.76 bits per heavy atom. The zero-order valence-corrected chi connectivity index (χ0v) is 11.8. The van der Waals surface area contributed by atoms with Gasteiger partial charge in [-0.1, -0.05) is 18.2 Å². The van der Waals surface area contributed by atoms with E-state index in [0.717, 1.165) is 16.8 Å². The summed E-state index contributed by atoms with van der Waals surface area (Å²) in [5, 5.41) is 8.24. The summed E-state index contributed by atoms with van der Waals surface area (Å²) >= 11 is 0. The third-order valence-electron chi connectivity index (χ3n) is 3.84. The zero-order chi connectivity index (χ0) is 14.8. The van der Waals surface area contributed by atoms with Gasteiger partial charge >= 0.3 is 0 Å². The van der Waals surface area contributed by atoms with Crippen molar-refractivity contribution in [2.24, 2.45) is 5.84 Å². The number of anilines is 1. The van der Waals surface area contributed by atoms with E-state index < -0.39 is 0 Å². The van der Waals surface area contributed by atoms with Crippen LogP contribution in [0.2, 0.25) is 0 Å². The van der Waals surface area contributed by atoms with Gasteiger partial charge in [-0.25, -0.2) is 5.84 Å². The summed E-state index contributed by atoms with van der Waals surface area (Å²) < 4.78 is 0. The van der Waals surface area contributed by atoms with E-state index in [0.29, 0.717) is 30.9 Å². The largest absolute Gasteiger partial charge is 0.334 e. The van der Waals surface area contributed by atoms with Crippen LogP contribution in [0.1, 0.15) is 27.2 Å². The number of benzene rings is 1. The van der Waals surface area contributed by atoms with E-state index in [9.17, 15) is 4.79 Å². The van der Waals surface area contributed by atoms with E-state index in [2.05, 4.69) is 15.6 Å². The lowest BCUT2D eigenvalue weighted by atomic mass is 10.0. The summed E-state index contributed by atoms with van der Waals surface area (Å²) in [6.07, 6.45) is 0.715. The minimum absolute atomic E-state index is 0.0414. The number of carbonyl (C=O) groups is 1. The van der Waals surface area contributed by atoms with Crippen LogP contribution in [0.15, 0.2) is 30.3 Å². The van der Waals surface area contributed by atoms with Crippen LogP contribution in [0.5, 0.6) is 0 Å². The topological polar surface area (TPSA) is 84.1 Å². The quantitative estimate of drug-likeness (QED) is 0.640. The number of hydrogen-bond acceptors (Lipinski definition) is 5. The van der Waals surface area contributed by atoms with E-state index in [4.69, 9.17) is 5.84 Å². The van der Waals surface area contributed by atoms with Gasteiger partial charge in [-0.15, -0.1) is 5.10 Å². The molecule has 1 aliphatic heterocycles. The fourth-order valence-corrected chi connectivity index (χ4v) is 2.60. The van der Waals surface area contributed by atoms with Gasteiger partial charge in [-0.2, -0.15) is 5.10 Å². The molecule has 0 atom stereocenters. The molecule has 0 saturated heterocycles. The summed E-state index contributed by atoms with van der Waals surface area (Å²) in [7, 11) is 0. The molecule has 0 bridgehead atoms. The number of nitrogen functional groups attached to an aromatic ring is 1. The molecule has 1 aromatic heterocycles. The standard InChI is InChI=1S/C15H17N5O/c1-10-12-9-20(15(21)11-5-3-2-4-6-11)8-7-13(12)18-19-14(10)17-16/h2-6H,7-9,16H2,1H3,(H,17,19). The van der Waals surface area contributed by atoms with Gasteiger partial charge in [-0.05, 0) is 19.1 Å². The fourth-order valence-electron chi connectivity index (χ4n) is 2.60. The van der Waals surface area contributed by atoms with Crippen LogP contribution in [-0.2, 0) is 13.0 Å². The Morgan fingerprint density at radius 2 is 2.05 bits per heavy atom. The third kappa shape index (κ3) is 2.45. The van der Waals surface area contributed by atoms with Crippen LogP contribution in [0, 0.1) is 6.92 Å². The molecule has 0 unspecified atom stereocenters. The Bertz CT molecular complexity index is 671. The summed E-state index contributed by atoms with van der Waals surface area (Å²) in [6, 6.07) is 9.32. The molecule has 108 valence electrons. The van der Waals surface area contributed by atoms with Crippen molar-refractivity contribution in [3.05, 3.63) is 52.7 Å². The predicted molar refractivity (Wildman–Crippen MR) is 79.5 cm³/mol. The summed E-state index contributed by atoms with van der Waals surface area (Å²) in [4.78, 5) is 14.4.